The van der Waals surface area contributed by atoms with Gasteiger partial charge in [-0.25, -0.2) is 0 Å². The molecule has 1 N–H and O–H groups in total. The maximum absolute atomic E-state index is 12.5. The number of hydrogen-bond acceptors (Lipinski definition) is 4. The minimum atomic E-state index is -0.0608. The molecule has 134 valence electrons. The molecule has 2 aliphatic rings. The lowest BCUT2D eigenvalue weighted by Gasteiger charge is -2.34. The van der Waals surface area contributed by atoms with Gasteiger partial charge in [0.25, 0.3) is 5.91 Å². The number of allylic oxidation sites excluding steroid dienone is 1. The molecule has 2 amide bonds. The van der Waals surface area contributed by atoms with E-state index in [1.54, 1.807) is 6.92 Å². The first kappa shape index (κ1) is 17.5. The number of hydrogen-bond donors (Lipinski definition) is 1. The summed E-state index contributed by atoms with van der Waals surface area (Å²) in [5, 5.41) is 3.00. The fraction of sp³-hybridized carbons (Fsp3) is 0.474. The molecule has 0 aliphatic carbocycles. The maximum Gasteiger partial charge on any atom is 0.250 e. The van der Waals surface area contributed by atoms with Crippen LogP contribution in [0.4, 0.5) is 0 Å². The van der Waals surface area contributed by atoms with Crippen LogP contribution in [-0.4, -0.2) is 60.9 Å². The van der Waals surface area contributed by atoms with Gasteiger partial charge in [0.1, 0.15) is 11.5 Å². The normalized spacial score (nSPS) is 17.8. The zero-order chi connectivity index (χ0) is 17.8. The number of fused-ring (bicyclic) bond motifs is 1. The Kier molecular flexibility index (Phi) is 5.38. The van der Waals surface area contributed by atoms with Crippen LogP contribution >= 0.6 is 0 Å². The predicted molar refractivity (Wildman–Crippen MR) is 95.2 cm³/mol. The monoisotopic (exact) mass is 343 g/mol. The highest BCUT2D eigenvalue weighted by Crippen LogP contribution is 2.29. The standard InChI is InChI=1S/C19H25N3O3/c1-14-17(13-16-5-3-4-6-18(16)25-14)19(24)20-7-8-21-9-11-22(12-10-21)15(2)23/h3-6H,7-13H2,1-2H3,(H,20,24). The summed E-state index contributed by atoms with van der Waals surface area (Å²) in [5.41, 5.74) is 1.73. The highest BCUT2D eigenvalue weighted by atomic mass is 16.5. The summed E-state index contributed by atoms with van der Waals surface area (Å²) in [7, 11) is 0. The van der Waals surface area contributed by atoms with Gasteiger partial charge >= 0.3 is 0 Å². The number of ether oxygens (including phenoxy) is 1. The average Bonchev–Trinajstić information content (AvgIpc) is 2.61. The van der Waals surface area contributed by atoms with Gasteiger partial charge in [0.2, 0.25) is 5.91 Å². The molecule has 0 unspecified atom stereocenters. The molecular weight excluding hydrogens is 318 g/mol. The molecule has 2 aliphatic heterocycles. The van der Waals surface area contributed by atoms with Crippen molar-refractivity contribution in [1.82, 2.24) is 15.1 Å². The number of para-hydroxylation sites is 1. The molecule has 0 radical (unpaired) electrons. The second-order valence-corrected chi connectivity index (χ2v) is 6.52. The van der Waals surface area contributed by atoms with Crippen molar-refractivity contribution in [2.45, 2.75) is 20.3 Å². The van der Waals surface area contributed by atoms with E-state index in [2.05, 4.69) is 10.2 Å². The number of nitrogens with zero attached hydrogens (tertiary/aromatic N) is 2. The second kappa shape index (κ2) is 7.70. The van der Waals surface area contributed by atoms with Crippen LogP contribution in [0.3, 0.4) is 0 Å². The van der Waals surface area contributed by atoms with E-state index < -0.39 is 0 Å². The Morgan fingerprint density at radius 2 is 1.88 bits per heavy atom. The number of carbonyl (C=O) groups is 2. The molecule has 1 saturated heterocycles. The molecule has 1 aromatic carbocycles. The molecule has 0 saturated carbocycles. The van der Waals surface area contributed by atoms with Gasteiger partial charge in [0.15, 0.2) is 0 Å². The van der Waals surface area contributed by atoms with Gasteiger partial charge in [-0.2, -0.15) is 0 Å². The third-order valence-electron chi connectivity index (χ3n) is 4.83. The number of amides is 2. The number of carbonyl (C=O) groups excluding carboxylic acids is 2. The summed E-state index contributed by atoms with van der Waals surface area (Å²) < 4.78 is 5.77. The van der Waals surface area contributed by atoms with E-state index in [9.17, 15) is 9.59 Å². The van der Waals surface area contributed by atoms with Crippen LogP contribution < -0.4 is 10.1 Å². The third kappa shape index (κ3) is 4.20. The van der Waals surface area contributed by atoms with Gasteiger partial charge in [-0.15, -0.1) is 0 Å². The van der Waals surface area contributed by atoms with Gasteiger partial charge in [0, 0.05) is 52.6 Å². The highest BCUT2D eigenvalue weighted by Gasteiger charge is 2.22. The van der Waals surface area contributed by atoms with Crippen LogP contribution in [0.15, 0.2) is 35.6 Å². The maximum atomic E-state index is 12.5. The minimum absolute atomic E-state index is 0.0608. The fourth-order valence-electron chi connectivity index (χ4n) is 3.25. The average molecular weight is 343 g/mol. The van der Waals surface area contributed by atoms with E-state index in [1.807, 2.05) is 36.1 Å². The van der Waals surface area contributed by atoms with Gasteiger partial charge in [-0.05, 0) is 18.6 Å². The lowest BCUT2D eigenvalue weighted by atomic mass is 10.00. The lowest BCUT2D eigenvalue weighted by molar-refractivity contribution is -0.130. The van der Waals surface area contributed by atoms with Crippen molar-refractivity contribution < 1.29 is 14.3 Å². The predicted octanol–water partition coefficient (Wildman–Crippen LogP) is 1.18. The van der Waals surface area contributed by atoms with Crippen LogP contribution in [0.1, 0.15) is 19.4 Å². The zero-order valence-corrected chi connectivity index (χ0v) is 14.9. The van der Waals surface area contributed by atoms with Gasteiger partial charge < -0.3 is 15.0 Å². The number of rotatable bonds is 4. The summed E-state index contributed by atoms with van der Waals surface area (Å²) in [5.74, 6) is 1.58. The smallest absolute Gasteiger partial charge is 0.250 e. The van der Waals surface area contributed by atoms with E-state index >= 15 is 0 Å². The lowest BCUT2D eigenvalue weighted by Crippen LogP contribution is -2.49. The van der Waals surface area contributed by atoms with E-state index in [-0.39, 0.29) is 11.8 Å². The van der Waals surface area contributed by atoms with Crippen molar-refractivity contribution in [1.29, 1.82) is 0 Å². The van der Waals surface area contributed by atoms with E-state index in [0.29, 0.717) is 24.3 Å². The molecule has 6 nitrogen and oxygen atoms in total. The van der Waals surface area contributed by atoms with Gasteiger partial charge in [-0.3, -0.25) is 14.5 Å². The van der Waals surface area contributed by atoms with Crippen molar-refractivity contribution in [3.8, 4) is 5.75 Å². The van der Waals surface area contributed by atoms with Crippen molar-refractivity contribution >= 4 is 11.8 Å². The highest BCUT2D eigenvalue weighted by molar-refractivity contribution is 5.94. The molecule has 25 heavy (non-hydrogen) atoms. The quantitative estimate of drug-likeness (QED) is 0.892. The molecule has 3 rings (SSSR count). The van der Waals surface area contributed by atoms with Crippen LogP contribution in [0.2, 0.25) is 0 Å². The van der Waals surface area contributed by atoms with Crippen molar-refractivity contribution in [3.63, 3.8) is 0 Å². The fourth-order valence-corrected chi connectivity index (χ4v) is 3.25. The van der Waals surface area contributed by atoms with Crippen LogP contribution in [0.5, 0.6) is 5.75 Å². The minimum Gasteiger partial charge on any atom is -0.461 e. The van der Waals surface area contributed by atoms with E-state index in [0.717, 1.165) is 44.0 Å². The molecule has 6 heteroatoms. The Hall–Kier alpha value is -2.34. The van der Waals surface area contributed by atoms with Crippen LogP contribution in [0, 0.1) is 0 Å². The molecule has 1 fully saturated rings. The Morgan fingerprint density at radius 3 is 2.60 bits per heavy atom. The second-order valence-electron chi connectivity index (χ2n) is 6.52. The summed E-state index contributed by atoms with van der Waals surface area (Å²) in [6, 6.07) is 7.81. The largest absolute Gasteiger partial charge is 0.461 e. The van der Waals surface area contributed by atoms with Gasteiger partial charge in [-0.1, -0.05) is 18.2 Å². The zero-order valence-electron chi connectivity index (χ0n) is 14.9. The topological polar surface area (TPSA) is 61.9 Å². The molecule has 0 atom stereocenters. The molecule has 0 bridgehead atoms. The first-order valence-corrected chi connectivity index (χ1v) is 8.76. The Morgan fingerprint density at radius 1 is 1.16 bits per heavy atom. The molecule has 1 aromatic rings. The summed E-state index contributed by atoms with van der Waals surface area (Å²) in [6.07, 6.45) is 0.602. The van der Waals surface area contributed by atoms with Crippen LogP contribution in [0.25, 0.3) is 0 Å². The van der Waals surface area contributed by atoms with Gasteiger partial charge in [0.05, 0.1) is 5.57 Å². The number of benzene rings is 1. The molecular formula is C19H25N3O3. The first-order valence-electron chi connectivity index (χ1n) is 8.76. The summed E-state index contributed by atoms with van der Waals surface area (Å²) in [6.45, 7) is 8.07. The van der Waals surface area contributed by atoms with Crippen molar-refractivity contribution in [2.75, 3.05) is 39.3 Å². The third-order valence-corrected chi connectivity index (χ3v) is 4.83. The SMILES string of the molecule is CC(=O)N1CCN(CCNC(=O)C2=C(C)Oc3ccccc3C2)CC1. The molecule has 0 aromatic heterocycles. The Balaban J connectivity index is 1.46. The Bertz CT molecular complexity index is 691. The summed E-state index contributed by atoms with van der Waals surface area (Å²) in [4.78, 5) is 27.9. The first-order chi connectivity index (χ1) is 12.0. The molecule has 2 heterocycles. The number of nitrogens with one attached hydrogen (secondary N) is 1. The van der Waals surface area contributed by atoms with Crippen molar-refractivity contribution in [2.24, 2.45) is 0 Å². The van der Waals surface area contributed by atoms with E-state index in [1.165, 1.54) is 0 Å². The van der Waals surface area contributed by atoms with E-state index in [4.69, 9.17) is 4.74 Å². The number of piperazine rings is 1. The van der Waals surface area contributed by atoms with Crippen LogP contribution in [-0.2, 0) is 16.0 Å². The summed E-state index contributed by atoms with van der Waals surface area (Å²) >= 11 is 0. The molecule has 0 spiro atoms. The van der Waals surface area contributed by atoms with Crippen molar-refractivity contribution in [3.05, 3.63) is 41.2 Å². The Labute approximate surface area is 148 Å².